The van der Waals surface area contributed by atoms with E-state index >= 15 is 0 Å². The van der Waals surface area contributed by atoms with Crippen molar-refractivity contribution in [1.29, 1.82) is 0 Å². The minimum Gasteiger partial charge on any atom is -0.490 e. The third-order valence-corrected chi connectivity index (χ3v) is 4.72. The first-order valence-electron chi connectivity index (χ1n) is 10.6. The van der Waals surface area contributed by atoms with E-state index in [2.05, 4.69) is 10.4 Å². The summed E-state index contributed by atoms with van der Waals surface area (Å²) in [4.78, 5) is 23.4. The van der Waals surface area contributed by atoms with E-state index in [9.17, 15) is 9.59 Å². The normalized spacial score (nSPS) is 11.5. The molecule has 0 radical (unpaired) electrons. The molecule has 3 aromatic rings. The molecule has 2 N–H and O–H groups in total. The van der Waals surface area contributed by atoms with Crippen LogP contribution in [0.25, 0.3) is 0 Å². The number of benzene rings is 2. The van der Waals surface area contributed by atoms with Crippen molar-refractivity contribution in [3.8, 4) is 17.2 Å². The Bertz CT molecular complexity index is 1090. The van der Waals surface area contributed by atoms with Gasteiger partial charge in [0.15, 0.2) is 17.2 Å². The number of aromatic nitrogens is 2. The summed E-state index contributed by atoms with van der Waals surface area (Å²) in [6.07, 6.45) is 1.46. The Balaban J connectivity index is 1.58. The number of amides is 1. The van der Waals surface area contributed by atoms with Gasteiger partial charge in [-0.2, -0.15) is 5.10 Å². The van der Waals surface area contributed by atoms with Crippen molar-refractivity contribution in [3.05, 3.63) is 66.0 Å². The fourth-order valence-corrected chi connectivity index (χ4v) is 2.97. The monoisotopic (exact) mass is 453 g/mol. The molecule has 2 aromatic carbocycles. The summed E-state index contributed by atoms with van der Waals surface area (Å²) < 4.78 is 18.3. The number of anilines is 1. The highest BCUT2D eigenvalue weighted by molar-refractivity contribution is 6.02. The lowest BCUT2D eigenvalue weighted by atomic mass is 10.2. The lowest BCUT2D eigenvalue weighted by Crippen LogP contribution is -2.18. The Morgan fingerprint density at radius 2 is 1.70 bits per heavy atom. The molecular weight excluding hydrogens is 426 g/mol. The number of carbonyl (C=O) groups excluding carboxylic acids is 1. The quantitative estimate of drug-likeness (QED) is 0.448. The van der Waals surface area contributed by atoms with E-state index in [1.807, 2.05) is 32.0 Å². The molecule has 9 nitrogen and oxygen atoms in total. The summed E-state index contributed by atoms with van der Waals surface area (Å²) in [5.41, 5.74) is 1.63. The van der Waals surface area contributed by atoms with Crippen LogP contribution < -0.4 is 19.5 Å². The number of hydrogen-bond donors (Lipinski definition) is 2. The molecular formula is C24H27N3O6. The van der Waals surface area contributed by atoms with Gasteiger partial charge in [0.2, 0.25) is 0 Å². The molecule has 0 saturated heterocycles. The first-order chi connectivity index (χ1) is 15.9. The third-order valence-electron chi connectivity index (χ3n) is 4.72. The molecule has 3 rings (SSSR count). The summed E-state index contributed by atoms with van der Waals surface area (Å²) in [5.74, 6) is 0.557. The van der Waals surface area contributed by atoms with E-state index in [4.69, 9.17) is 19.3 Å². The van der Waals surface area contributed by atoms with E-state index in [1.165, 1.54) is 23.9 Å². The van der Waals surface area contributed by atoms with Gasteiger partial charge >= 0.3 is 5.97 Å². The lowest BCUT2D eigenvalue weighted by molar-refractivity contribution is -0.140. The SMILES string of the molecule is CCOc1ccc(COc2ccc(NC(=O)c3ccn(C(C)C(=O)O)n3)cc2)cc1OCC. The number of aliphatic carboxylic acids is 1. The smallest absolute Gasteiger partial charge is 0.328 e. The Morgan fingerprint density at radius 3 is 2.36 bits per heavy atom. The van der Waals surface area contributed by atoms with Gasteiger partial charge in [0.25, 0.3) is 5.91 Å². The van der Waals surface area contributed by atoms with Crippen LogP contribution in [0, 0.1) is 0 Å². The second-order valence-corrected chi connectivity index (χ2v) is 7.11. The molecule has 0 aliphatic carbocycles. The fraction of sp³-hybridized carbons (Fsp3) is 0.292. The van der Waals surface area contributed by atoms with Crippen molar-refractivity contribution in [2.24, 2.45) is 0 Å². The highest BCUT2D eigenvalue weighted by Crippen LogP contribution is 2.29. The van der Waals surface area contributed by atoms with Gasteiger partial charge in [-0.1, -0.05) is 6.07 Å². The maximum Gasteiger partial charge on any atom is 0.328 e. The number of hydrogen-bond acceptors (Lipinski definition) is 6. The predicted molar refractivity (Wildman–Crippen MR) is 122 cm³/mol. The average Bonchev–Trinajstić information content (AvgIpc) is 3.30. The topological polar surface area (TPSA) is 112 Å². The number of ether oxygens (including phenoxy) is 3. The minimum absolute atomic E-state index is 0.129. The Morgan fingerprint density at radius 1 is 1.00 bits per heavy atom. The Kier molecular flexibility index (Phi) is 7.91. The van der Waals surface area contributed by atoms with E-state index in [0.717, 1.165) is 5.56 Å². The molecule has 33 heavy (non-hydrogen) atoms. The van der Waals surface area contributed by atoms with Crippen molar-refractivity contribution >= 4 is 17.6 Å². The van der Waals surface area contributed by atoms with Gasteiger partial charge in [-0.25, -0.2) is 4.79 Å². The third kappa shape index (κ3) is 6.25. The molecule has 0 spiro atoms. The van der Waals surface area contributed by atoms with Gasteiger partial charge in [0, 0.05) is 11.9 Å². The van der Waals surface area contributed by atoms with E-state index < -0.39 is 17.9 Å². The zero-order valence-corrected chi connectivity index (χ0v) is 18.8. The van der Waals surface area contributed by atoms with E-state index in [-0.39, 0.29) is 5.69 Å². The van der Waals surface area contributed by atoms with Gasteiger partial charge in [0.05, 0.1) is 13.2 Å². The van der Waals surface area contributed by atoms with Crippen LogP contribution in [0.4, 0.5) is 5.69 Å². The van der Waals surface area contributed by atoms with Crippen LogP contribution in [-0.2, 0) is 11.4 Å². The number of carbonyl (C=O) groups is 2. The first-order valence-corrected chi connectivity index (χ1v) is 10.6. The summed E-state index contributed by atoms with van der Waals surface area (Å²) in [7, 11) is 0. The van der Waals surface area contributed by atoms with Gasteiger partial charge in [-0.3, -0.25) is 9.48 Å². The van der Waals surface area contributed by atoms with Gasteiger partial charge in [-0.05, 0) is 68.8 Å². The molecule has 0 aliphatic rings. The molecule has 0 saturated carbocycles. The molecule has 1 aromatic heterocycles. The van der Waals surface area contributed by atoms with Crippen LogP contribution in [0.3, 0.4) is 0 Å². The van der Waals surface area contributed by atoms with Crippen LogP contribution >= 0.6 is 0 Å². The molecule has 9 heteroatoms. The molecule has 0 bridgehead atoms. The molecule has 1 atom stereocenters. The van der Waals surface area contributed by atoms with Crippen molar-refractivity contribution in [2.75, 3.05) is 18.5 Å². The zero-order valence-electron chi connectivity index (χ0n) is 18.8. The van der Waals surface area contributed by atoms with Crippen LogP contribution in [0.1, 0.15) is 42.9 Å². The second-order valence-electron chi connectivity index (χ2n) is 7.11. The molecule has 1 unspecified atom stereocenters. The van der Waals surface area contributed by atoms with Crippen LogP contribution in [0.15, 0.2) is 54.7 Å². The van der Waals surface area contributed by atoms with Gasteiger partial charge in [-0.15, -0.1) is 0 Å². The van der Waals surface area contributed by atoms with Gasteiger partial charge < -0.3 is 24.6 Å². The number of nitrogens with one attached hydrogen (secondary N) is 1. The molecule has 1 amide bonds. The summed E-state index contributed by atoms with van der Waals surface area (Å²) in [6, 6.07) is 13.2. The number of carboxylic acid groups (broad SMARTS) is 1. The number of nitrogens with zero attached hydrogens (tertiary/aromatic N) is 2. The molecule has 174 valence electrons. The zero-order chi connectivity index (χ0) is 23.8. The Labute approximate surface area is 191 Å². The minimum atomic E-state index is -1.03. The van der Waals surface area contributed by atoms with E-state index in [0.29, 0.717) is 42.8 Å². The number of carboxylic acids is 1. The lowest BCUT2D eigenvalue weighted by Gasteiger charge is -2.13. The average molecular weight is 453 g/mol. The van der Waals surface area contributed by atoms with Crippen molar-refractivity contribution in [1.82, 2.24) is 9.78 Å². The van der Waals surface area contributed by atoms with Crippen molar-refractivity contribution < 1.29 is 28.9 Å². The first kappa shape index (κ1) is 23.6. The van der Waals surface area contributed by atoms with Gasteiger partial charge in [0.1, 0.15) is 18.4 Å². The summed E-state index contributed by atoms with van der Waals surface area (Å²) in [5, 5.41) is 15.8. The van der Waals surface area contributed by atoms with Crippen LogP contribution in [-0.4, -0.2) is 40.0 Å². The second kappa shape index (κ2) is 11.0. The summed E-state index contributed by atoms with van der Waals surface area (Å²) >= 11 is 0. The highest BCUT2D eigenvalue weighted by Gasteiger charge is 2.17. The van der Waals surface area contributed by atoms with Crippen molar-refractivity contribution in [3.63, 3.8) is 0 Å². The number of rotatable bonds is 11. The fourth-order valence-electron chi connectivity index (χ4n) is 2.97. The van der Waals surface area contributed by atoms with Crippen LogP contribution in [0.2, 0.25) is 0 Å². The van der Waals surface area contributed by atoms with Crippen molar-refractivity contribution in [2.45, 2.75) is 33.4 Å². The van der Waals surface area contributed by atoms with E-state index in [1.54, 1.807) is 24.3 Å². The molecule has 1 heterocycles. The highest BCUT2D eigenvalue weighted by atomic mass is 16.5. The standard InChI is InChI=1S/C24H27N3O6/c1-4-31-21-11-6-17(14-22(21)32-5-2)15-33-19-9-7-18(8-10-19)25-23(28)20-12-13-27(26-20)16(3)24(29)30/h6-14,16H,4-5,15H2,1-3H3,(H,25,28)(H,29,30). The molecule has 0 aliphatic heterocycles. The molecule has 0 fully saturated rings. The Hall–Kier alpha value is -4.01. The maximum absolute atomic E-state index is 12.4. The predicted octanol–water partition coefficient (Wildman–Crippen LogP) is 4.16. The van der Waals surface area contributed by atoms with Crippen LogP contribution in [0.5, 0.6) is 17.2 Å². The maximum atomic E-state index is 12.4. The largest absolute Gasteiger partial charge is 0.490 e. The summed E-state index contributed by atoms with van der Waals surface area (Å²) in [6.45, 7) is 6.77.